The first-order valence-electron chi connectivity index (χ1n) is 7.77. The van der Waals surface area contributed by atoms with Gasteiger partial charge >= 0.3 is 0 Å². The van der Waals surface area contributed by atoms with Gasteiger partial charge in [-0.05, 0) is 56.1 Å². The number of nitrogen functional groups attached to an aromatic ring is 1. The van der Waals surface area contributed by atoms with Crippen molar-refractivity contribution in [3.05, 3.63) is 22.9 Å². The zero-order valence-corrected chi connectivity index (χ0v) is 12.3. The van der Waals surface area contributed by atoms with Crippen molar-refractivity contribution in [2.24, 2.45) is 11.7 Å². The summed E-state index contributed by atoms with van der Waals surface area (Å²) in [6, 6.07) is 2.11. The lowest BCUT2D eigenvalue weighted by molar-refractivity contribution is 0.521. The van der Waals surface area contributed by atoms with E-state index in [9.17, 15) is 0 Å². The van der Waals surface area contributed by atoms with Crippen LogP contribution in [0.2, 0.25) is 0 Å². The second-order valence-corrected chi connectivity index (χ2v) is 6.26. The van der Waals surface area contributed by atoms with E-state index < -0.39 is 0 Å². The van der Waals surface area contributed by atoms with Crippen LogP contribution >= 0.6 is 0 Å². The number of nitrogens with zero attached hydrogens (tertiary/aromatic N) is 2. The predicted octanol–water partition coefficient (Wildman–Crippen LogP) is 2.48. The quantitative estimate of drug-likeness (QED) is 0.642. The van der Waals surface area contributed by atoms with Crippen molar-refractivity contribution >= 4 is 11.7 Å². The van der Waals surface area contributed by atoms with Gasteiger partial charge in [0.2, 0.25) is 0 Å². The van der Waals surface area contributed by atoms with Crippen LogP contribution in [0.3, 0.4) is 0 Å². The Kier molecular flexibility index (Phi) is 3.64. The number of nitrogens with two attached hydrogens (primary N) is 1. The molecular weight excluding hydrogens is 248 g/mol. The summed E-state index contributed by atoms with van der Waals surface area (Å²) in [5.41, 5.74) is 9.15. The van der Waals surface area contributed by atoms with Gasteiger partial charge in [0.05, 0.1) is 5.56 Å². The minimum absolute atomic E-state index is 0.152. The lowest BCUT2D eigenvalue weighted by Crippen LogP contribution is -2.29. The van der Waals surface area contributed by atoms with Crippen LogP contribution in [0.1, 0.15) is 49.4 Å². The summed E-state index contributed by atoms with van der Waals surface area (Å²) < 4.78 is 0. The number of aryl methyl sites for hydroxylation is 2. The van der Waals surface area contributed by atoms with Gasteiger partial charge in [-0.15, -0.1) is 0 Å². The molecule has 4 nitrogen and oxygen atoms in total. The van der Waals surface area contributed by atoms with Crippen molar-refractivity contribution in [1.82, 2.24) is 4.98 Å². The maximum Gasteiger partial charge on any atom is 0.139 e. The minimum atomic E-state index is 0.152. The molecule has 0 spiro atoms. The molecule has 20 heavy (non-hydrogen) atoms. The van der Waals surface area contributed by atoms with Crippen LogP contribution in [-0.2, 0) is 12.8 Å². The van der Waals surface area contributed by atoms with Crippen LogP contribution in [0, 0.1) is 11.3 Å². The monoisotopic (exact) mass is 272 g/mol. The highest BCUT2D eigenvalue weighted by molar-refractivity contribution is 6.00. The van der Waals surface area contributed by atoms with Gasteiger partial charge < -0.3 is 10.6 Å². The lowest BCUT2D eigenvalue weighted by Gasteiger charge is -2.25. The fourth-order valence-corrected chi connectivity index (χ4v) is 3.38. The normalized spacial score (nSPS) is 22.4. The van der Waals surface area contributed by atoms with Crippen molar-refractivity contribution in [3.63, 3.8) is 0 Å². The fourth-order valence-electron chi connectivity index (χ4n) is 3.38. The Balaban J connectivity index is 1.96. The van der Waals surface area contributed by atoms with Crippen molar-refractivity contribution in [1.29, 1.82) is 5.41 Å². The Hall–Kier alpha value is -1.58. The molecule has 108 valence electrons. The van der Waals surface area contributed by atoms with Gasteiger partial charge in [-0.1, -0.05) is 6.92 Å². The molecule has 0 saturated carbocycles. The van der Waals surface area contributed by atoms with Gasteiger partial charge in [-0.2, -0.15) is 0 Å². The van der Waals surface area contributed by atoms with Crippen molar-refractivity contribution in [3.8, 4) is 0 Å². The largest absolute Gasteiger partial charge is 0.384 e. The SMILES string of the molecule is CC1CCCN(c2nc3c(cc2C(=N)N)CCC3)CC1. The molecule has 1 aromatic rings. The fraction of sp³-hybridized carbons (Fsp3) is 0.625. The van der Waals surface area contributed by atoms with Crippen LogP contribution in [-0.4, -0.2) is 23.9 Å². The van der Waals surface area contributed by atoms with E-state index in [0.717, 1.165) is 43.2 Å². The van der Waals surface area contributed by atoms with E-state index in [2.05, 4.69) is 17.9 Å². The second-order valence-electron chi connectivity index (χ2n) is 6.26. The Labute approximate surface area is 120 Å². The standard InChI is InChI=1S/C16H24N4/c1-11-4-3-8-20(9-7-11)16-13(15(17)18)10-12-5-2-6-14(12)19-16/h10-11H,2-9H2,1H3,(H3,17,18). The van der Waals surface area contributed by atoms with E-state index in [4.69, 9.17) is 16.1 Å². The van der Waals surface area contributed by atoms with Crippen molar-refractivity contribution in [2.45, 2.75) is 45.4 Å². The minimum Gasteiger partial charge on any atom is -0.384 e. The third-order valence-electron chi connectivity index (χ3n) is 4.64. The average molecular weight is 272 g/mol. The molecule has 1 aliphatic carbocycles. The molecule has 1 atom stereocenters. The zero-order chi connectivity index (χ0) is 14.1. The van der Waals surface area contributed by atoms with E-state index in [-0.39, 0.29) is 5.84 Å². The molecule has 3 N–H and O–H groups in total. The third kappa shape index (κ3) is 2.51. The Morgan fingerprint density at radius 1 is 1.30 bits per heavy atom. The van der Waals surface area contributed by atoms with E-state index >= 15 is 0 Å². The summed E-state index contributed by atoms with van der Waals surface area (Å²) in [6.45, 7) is 4.40. The van der Waals surface area contributed by atoms with E-state index in [1.54, 1.807) is 0 Å². The number of nitrogens with one attached hydrogen (secondary N) is 1. The highest BCUT2D eigenvalue weighted by Crippen LogP contribution is 2.29. The van der Waals surface area contributed by atoms with Gasteiger partial charge in [0.25, 0.3) is 0 Å². The van der Waals surface area contributed by atoms with Crippen molar-refractivity contribution < 1.29 is 0 Å². The van der Waals surface area contributed by atoms with Gasteiger partial charge in [0.1, 0.15) is 11.7 Å². The summed E-state index contributed by atoms with van der Waals surface area (Å²) in [6.07, 6.45) is 7.04. The topological polar surface area (TPSA) is 66.0 Å². The third-order valence-corrected chi connectivity index (χ3v) is 4.64. The Morgan fingerprint density at radius 2 is 2.15 bits per heavy atom. The number of hydrogen-bond donors (Lipinski definition) is 2. The maximum absolute atomic E-state index is 7.86. The molecule has 1 fully saturated rings. The number of pyridine rings is 1. The molecule has 1 aromatic heterocycles. The smallest absolute Gasteiger partial charge is 0.139 e. The van der Waals surface area contributed by atoms with Gasteiger partial charge in [0.15, 0.2) is 0 Å². The molecular formula is C16H24N4. The van der Waals surface area contributed by atoms with E-state index in [0.29, 0.717) is 0 Å². The van der Waals surface area contributed by atoms with Crippen LogP contribution in [0.25, 0.3) is 0 Å². The molecule has 0 bridgehead atoms. The molecule has 2 heterocycles. The molecule has 4 heteroatoms. The molecule has 0 aromatic carbocycles. The summed E-state index contributed by atoms with van der Waals surface area (Å²) >= 11 is 0. The molecule has 2 aliphatic rings. The first-order valence-corrected chi connectivity index (χ1v) is 7.77. The summed E-state index contributed by atoms with van der Waals surface area (Å²) in [5.74, 6) is 1.89. The van der Waals surface area contributed by atoms with Gasteiger partial charge in [-0.3, -0.25) is 5.41 Å². The number of anilines is 1. The highest BCUT2D eigenvalue weighted by Gasteiger charge is 2.22. The predicted molar refractivity (Wildman–Crippen MR) is 82.5 cm³/mol. The number of rotatable bonds is 2. The number of hydrogen-bond acceptors (Lipinski definition) is 3. The maximum atomic E-state index is 7.86. The lowest BCUT2D eigenvalue weighted by atomic mass is 10.0. The number of amidine groups is 1. The van der Waals surface area contributed by atoms with Crippen molar-refractivity contribution in [2.75, 3.05) is 18.0 Å². The van der Waals surface area contributed by atoms with Gasteiger partial charge in [-0.25, -0.2) is 4.98 Å². The Bertz CT molecular complexity index is 523. The molecule has 1 saturated heterocycles. The molecule has 1 aliphatic heterocycles. The summed E-state index contributed by atoms with van der Waals surface area (Å²) in [7, 11) is 0. The first-order chi connectivity index (χ1) is 9.65. The molecule has 1 unspecified atom stereocenters. The number of fused-ring (bicyclic) bond motifs is 1. The van der Waals surface area contributed by atoms with Crippen LogP contribution in [0.5, 0.6) is 0 Å². The summed E-state index contributed by atoms with van der Waals surface area (Å²) in [4.78, 5) is 7.22. The number of aromatic nitrogens is 1. The Morgan fingerprint density at radius 3 is 2.95 bits per heavy atom. The van der Waals surface area contributed by atoms with Crippen LogP contribution in [0.4, 0.5) is 5.82 Å². The molecule has 3 rings (SSSR count). The highest BCUT2D eigenvalue weighted by atomic mass is 15.2. The van der Waals surface area contributed by atoms with E-state index in [1.807, 2.05) is 0 Å². The van der Waals surface area contributed by atoms with Crippen LogP contribution < -0.4 is 10.6 Å². The zero-order valence-electron chi connectivity index (χ0n) is 12.3. The molecule has 0 radical (unpaired) electrons. The second kappa shape index (κ2) is 5.43. The van der Waals surface area contributed by atoms with E-state index in [1.165, 1.54) is 36.9 Å². The van der Waals surface area contributed by atoms with Gasteiger partial charge in [0, 0.05) is 18.8 Å². The average Bonchev–Trinajstić information content (AvgIpc) is 2.77. The van der Waals surface area contributed by atoms with Crippen LogP contribution in [0.15, 0.2) is 6.07 Å². The molecule has 0 amide bonds. The summed E-state index contributed by atoms with van der Waals surface area (Å²) in [5, 5.41) is 7.86. The first kappa shape index (κ1) is 13.4.